The van der Waals surface area contributed by atoms with Crippen molar-refractivity contribution in [3.63, 3.8) is 0 Å². The molecule has 1 heterocycles. The molecule has 0 aliphatic carbocycles. The summed E-state index contributed by atoms with van der Waals surface area (Å²) in [5.41, 5.74) is 0. The van der Waals surface area contributed by atoms with Crippen LogP contribution in [0.3, 0.4) is 0 Å². The Balaban J connectivity index is 2.12. The first-order valence-corrected chi connectivity index (χ1v) is 6.89. The summed E-state index contributed by atoms with van der Waals surface area (Å²) in [5, 5.41) is 3.01. The second kappa shape index (κ2) is 7.67. The highest BCUT2D eigenvalue weighted by atomic mass is 16.1. The third-order valence-electron chi connectivity index (χ3n) is 3.59. The molecule has 1 N–H and O–H groups in total. The summed E-state index contributed by atoms with van der Waals surface area (Å²) in [6, 6.07) is 0.305. The molecule has 0 bridgehead atoms. The van der Waals surface area contributed by atoms with Crippen LogP contribution in [0, 0.1) is 0 Å². The van der Waals surface area contributed by atoms with E-state index in [1.54, 1.807) is 0 Å². The maximum absolute atomic E-state index is 11.6. The molecule has 17 heavy (non-hydrogen) atoms. The first kappa shape index (κ1) is 14.5. The van der Waals surface area contributed by atoms with Crippen LogP contribution in [-0.4, -0.2) is 61.0 Å². The molecular weight excluding hydrogens is 214 g/mol. The lowest BCUT2D eigenvalue weighted by molar-refractivity contribution is -0.122. The molecule has 0 aromatic rings. The van der Waals surface area contributed by atoms with Gasteiger partial charge in [-0.3, -0.25) is 4.79 Å². The standard InChI is InChI=1S/C13H27N3O/c1-4-12(3)14-13(17)6-7-16-10-8-15(5-2)9-11-16/h12H,4-11H2,1-3H3,(H,14,17). The van der Waals surface area contributed by atoms with Crippen LogP contribution in [0.1, 0.15) is 33.6 Å². The molecule has 4 nitrogen and oxygen atoms in total. The van der Waals surface area contributed by atoms with Crippen molar-refractivity contribution < 1.29 is 4.79 Å². The average molecular weight is 241 g/mol. The van der Waals surface area contributed by atoms with E-state index >= 15 is 0 Å². The number of nitrogens with one attached hydrogen (secondary N) is 1. The van der Waals surface area contributed by atoms with Gasteiger partial charge in [-0.05, 0) is 19.9 Å². The molecule has 1 aliphatic heterocycles. The summed E-state index contributed by atoms with van der Waals surface area (Å²) in [7, 11) is 0. The predicted octanol–water partition coefficient (Wildman–Crippen LogP) is 0.929. The number of amides is 1. The van der Waals surface area contributed by atoms with E-state index in [1.165, 1.54) is 0 Å². The molecule has 1 unspecified atom stereocenters. The van der Waals surface area contributed by atoms with Gasteiger partial charge in [0.2, 0.25) is 5.91 Å². The predicted molar refractivity (Wildman–Crippen MR) is 71.1 cm³/mol. The van der Waals surface area contributed by atoms with E-state index in [0.717, 1.165) is 45.7 Å². The molecule has 100 valence electrons. The fourth-order valence-electron chi connectivity index (χ4n) is 2.04. The normalized spacial score (nSPS) is 20.2. The highest BCUT2D eigenvalue weighted by Crippen LogP contribution is 2.02. The van der Waals surface area contributed by atoms with E-state index in [1.807, 2.05) is 0 Å². The highest BCUT2D eigenvalue weighted by molar-refractivity contribution is 5.76. The summed E-state index contributed by atoms with van der Waals surface area (Å²) in [6.45, 7) is 12.9. The average Bonchev–Trinajstić information content (AvgIpc) is 2.36. The van der Waals surface area contributed by atoms with E-state index in [9.17, 15) is 4.79 Å². The molecule has 4 heteroatoms. The summed E-state index contributed by atoms with van der Waals surface area (Å²) in [4.78, 5) is 16.5. The maximum atomic E-state index is 11.6. The molecule has 0 saturated carbocycles. The van der Waals surface area contributed by atoms with E-state index in [2.05, 4.69) is 35.9 Å². The lowest BCUT2D eigenvalue weighted by Crippen LogP contribution is -2.47. The second-order valence-corrected chi connectivity index (χ2v) is 4.90. The van der Waals surface area contributed by atoms with Crippen LogP contribution >= 0.6 is 0 Å². The molecule has 0 spiro atoms. The molecule has 0 aromatic heterocycles. The van der Waals surface area contributed by atoms with Crippen molar-refractivity contribution in [1.29, 1.82) is 0 Å². The number of hydrogen-bond donors (Lipinski definition) is 1. The number of hydrogen-bond acceptors (Lipinski definition) is 3. The van der Waals surface area contributed by atoms with Gasteiger partial charge in [0.15, 0.2) is 0 Å². The smallest absolute Gasteiger partial charge is 0.221 e. The van der Waals surface area contributed by atoms with Gasteiger partial charge in [0.1, 0.15) is 0 Å². The molecule has 1 fully saturated rings. The summed E-state index contributed by atoms with van der Waals surface area (Å²) in [6.07, 6.45) is 1.64. The third-order valence-corrected chi connectivity index (χ3v) is 3.59. The number of likely N-dealkylation sites (N-methyl/N-ethyl adjacent to an activating group) is 1. The Morgan fingerprint density at radius 2 is 1.76 bits per heavy atom. The Hall–Kier alpha value is -0.610. The van der Waals surface area contributed by atoms with Crippen molar-refractivity contribution in [2.75, 3.05) is 39.3 Å². The molecule has 0 aromatic carbocycles. The van der Waals surface area contributed by atoms with E-state index < -0.39 is 0 Å². The number of carbonyl (C=O) groups excluding carboxylic acids is 1. The quantitative estimate of drug-likeness (QED) is 0.751. The van der Waals surface area contributed by atoms with Gasteiger partial charge >= 0.3 is 0 Å². The van der Waals surface area contributed by atoms with E-state index in [-0.39, 0.29) is 5.91 Å². The van der Waals surface area contributed by atoms with Crippen molar-refractivity contribution in [3.8, 4) is 0 Å². The summed E-state index contributed by atoms with van der Waals surface area (Å²) in [5.74, 6) is 0.192. The van der Waals surface area contributed by atoms with E-state index in [4.69, 9.17) is 0 Å². The Morgan fingerprint density at radius 1 is 1.18 bits per heavy atom. The second-order valence-electron chi connectivity index (χ2n) is 4.90. The fraction of sp³-hybridized carbons (Fsp3) is 0.923. The maximum Gasteiger partial charge on any atom is 0.221 e. The largest absolute Gasteiger partial charge is 0.354 e. The SMILES string of the molecule is CCC(C)NC(=O)CCN1CCN(CC)CC1. The minimum absolute atomic E-state index is 0.192. The topological polar surface area (TPSA) is 35.6 Å². The van der Waals surface area contributed by atoms with Crippen LogP contribution in [0.4, 0.5) is 0 Å². The molecule has 1 amide bonds. The Labute approximate surface area is 105 Å². The van der Waals surface area contributed by atoms with Crippen LogP contribution in [0.2, 0.25) is 0 Å². The molecule has 1 atom stereocenters. The Morgan fingerprint density at radius 3 is 2.29 bits per heavy atom. The van der Waals surface area contributed by atoms with Crippen molar-refractivity contribution in [2.24, 2.45) is 0 Å². The number of piperazine rings is 1. The van der Waals surface area contributed by atoms with Crippen LogP contribution in [0.25, 0.3) is 0 Å². The lowest BCUT2D eigenvalue weighted by Gasteiger charge is -2.33. The van der Waals surface area contributed by atoms with Crippen LogP contribution in [0.5, 0.6) is 0 Å². The summed E-state index contributed by atoms with van der Waals surface area (Å²) < 4.78 is 0. The van der Waals surface area contributed by atoms with Gasteiger partial charge in [0, 0.05) is 45.2 Å². The van der Waals surface area contributed by atoms with E-state index in [0.29, 0.717) is 12.5 Å². The van der Waals surface area contributed by atoms with Crippen molar-refractivity contribution in [3.05, 3.63) is 0 Å². The van der Waals surface area contributed by atoms with Crippen molar-refractivity contribution in [2.45, 2.75) is 39.7 Å². The minimum Gasteiger partial charge on any atom is -0.354 e. The fourth-order valence-corrected chi connectivity index (χ4v) is 2.04. The van der Waals surface area contributed by atoms with Crippen LogP contribution in [-0.2, 0) is 4.79 Å². The third kappa shape index (κ3) is 5.50. The van der Waals surface area contributed by atoms with Gasteiger partial charge in [0.05, 0.1) is 0 Å². The van der Waals surface area contributed by atoms with Gasteiger partial charge in [-0.2, -0.15) is 0 Å². The van der Waals surface area contributed by atoms with Gasteiger partial charge in [-0.1, -0.05) is 13.8 Å². The van der Waals surface area contributed by atoms with Gasteiger partial charge in [-0.15, -0.1) is 0 Å². The van der Waals surface area contributed by atoms with Crippen molar-refractivity contribution in [1.82, 2.24) is 15.1 Å². The number of rotatable bonds is 6. The molecule has 1 aliphatic rings. The lowest BCUT2D eigenvalue weighted by atomic mass is 10.2. The van der Waals surface area contributed by atoms with Gasteiger partial charge in [0.25, 0.3) is 0 Å². The first-order valence-electron chi connectivity index (χ1n) is 6.89. The zero-order valence-corrected chi connectivity index (χ0v) is 11.5. The Kier molecular flexibility index (Phi) is 6.52. The monoisotopic (exact) mass is 241 g/mol. The van der Waals surface area contributed by atoms with Gasteiger partial charge in [-0.25, -0.2) is 0 Å². The number of nitrogens with zero attached hydrogens (tertiary/aromatic N) is 2. The zero-order valence-electron chi connectivity index (χ0n) is 11.5. The van der Waals surface area contributed by atoms with Crippen LogP contribution < -0.4 is 5.32 Å². The van der Waals surface area contributed by atoms with Crippen LogP contribution in [0.15, 0.2) is 0 Å². The molecular formula is C13H27N3O. The van der Waals surface area contributed by atoms with Crippen molar-refractivity contribution >= 4 is 5.91 Å². The molecule has 0 radical (unpaired) electrons. The minimum atomic E-state index is 0.192. The molecule has 1 saturated heterocycles. The highest BCUT2D eigenvalue weighted by Gasteiger charge is 2.16. The van der Waals surface area contributed by atoms with Gasteiger partial charge < -0.3 is 15.1 Å². The molecule has 1 rings (SSSR count). The first-order chi connectivity index (χ1) is 8.15. The zero-order chi connectivity index (χ0) is 12.7. The Bertz CT molecular complexity index is 225. The number of carbonyl (C=O) groups is 1. The summed E-state index contributed by atoms with van der Waals surface area (Å²) >= 11 is 0.